The summed E-state index contributed by atoms with van der Waals surface area (Å²) in [5.74, 6) is 0. The van der Waals surface area contributed by atoms with Gasteiger partial charge in [-0.05, 0) is 0 Å². The van der Waals surface area contributed by atoms with E-state index in [-0.39, 0.29) is 19.5 Å². The van der Waals surface area contributed by atoms with E-state index in [1.54, 1.807) is 0 Å². The molecule has 60 valence electrons. The zero-order valence-electron chi connectivity index (χ0n) is 5.40. The molecular weight excluding hydrogens is 237 g/mol. The van der Waals surface area contributed by atoms with E-state index in [4.69, 9.17) is 18.6 Å². The first-order valence-electron chi connectivity index (χ1n) is 1.32. The largest absolute Gasteiger partial charge is 0 e. The Bertz CT molecular complexity index is 67.7. The summed E-state index contributed by atoms with van der Waals surface area (Å²) in [5, 5.41) is 0. The Kier molecular flexibility index (Phi) is 6160. The van der Waals surface area contributed by atoms with Crippen molar-refractivity contribution in [2.24, 2.45) is 0 Å². The maximum atomic E-state index is 7.50. The molecule has 0 N–H and O–H groups in total. The molecule has 0 aromatic carbocycles. The second kappa shape index (κ2) is 1410. The van der Waals surface area contributed by atoms with Crippen LogP contribution < -0.4 is 0 Å². The van der Waals surface area contributed by atoms with Crippen LogP contribution >= 0.6 is 0 Å². The van der Waals surface area contributed by atoms with Gasteiger partial charge in [0, 0.05) is 19.5 Å². The third kappa shape index (κ3) is 1090. The molecule has 0 aliphatic rings. The van der Waals surface area contributed by atoms with Crippen molar-refractivity contribution in [1.82, 2.24) is 0 Å². The van der Waals surface area contributed by atoms with Crippen molar-refractivity contribution in [2.75, 3.05) is 0 Å². The van der Waals surface area contributed by atoms with Crippen LogP contribution in [0, 0.1) is 26.6 Å². The van der Waals surface area contributed by atoms with E-state index in [0.29, 0.717) is 0 Å². The van der Waals surface area contributed by atoms with Gasteiger partial charge < -0.3 is 0 Å². The van der Waals surface area contributed by atoms with Gasteiger partial charge in [0.15, 0.2) is 0 Å². The Morgan fingerprint density at radius 2 is 0.545 bits per heavy atom. The maximum absolute atomic E-state index is 7.50. The maximum Gasteiger partial charge on any atom is 0 e. The smallest absolute Gasteiger partial charge is 0 e. The fraction of sp³-hybridized carbons (Fsp3) is 0. The summed E-state index contributed by atoms with van der Waals surface area (Å²) >= 11 is 0. The summed E-state index contributed by atoms with van der Waals surface area (Å²) in [6.45, 7) is 24.0. The average molecular weight is 241 g/mol. The van der Waals surface area contributed by atoms with E-state index in [9.17, 15) is 0 Å². The van der Waals surface area contributed by atoms with Gasteiger partial charge in [-0.15, -0.1) is 13.2 Å². The summed E-state index contributed by atoms with van der Waals surface area (Å²) in [7, 11) is 0. The van der Waals surface area contributed by atoms with E-state index >= 15 is 0 Å². The van der Waals surface area contributed by atoms with Crippen molar-refractivity contribution < 1.29 is 38.1 Å². The molecule has 0 spiro atoms. The van der Waals surface area contributed by atoms with Gasteiger partial charge in [-0.3, -0.25) is 0 Å². The molecular formula is C6H4O4Ru. The molecule has 0 aliphatic heterocycles. The molecule has 0 heterocycles. The Morgan fingerprint density at radius 1 is 0.545 bits per heavy atom. The first-order chi connectivity index (χ1) is 5.00. The van der Waals surface area contributed by atoms with Crippen molar-refractivity contribution in [3.63, 3.8) is 0 Å². The van der Waals surface area contributed by atoms with Crippen LogP contribution in [0.4, 0.5) is 0 Å². The van der Waals surface area contributed by atoms with Crippen molar-refractivity contribution in [3.05, 3.63) is 39.8 Å². The number of rotatable bonds is 0. The average Bonchev–Trinajstić information content (AvgIpc) is 2.20. The van der Waals surface area contributed by atoms with Crippen LogP contribution in [0.1, 0.15) is 0 Å². The van der Waals surface area contributed by atoms with Gasteiger partial charge in [-0.25, -0.2) is 0 Å². The van der Waals surface area contributed by atoms with Crippen LogP contribution in [0.15, 0.2) is 13.2 Å². The zero-order valence-corrected chi connectivity index (χ0v) is 7.14. The van der Waals surface area contributed by atoms with Crippen LogP contribution in [-0.4, -0.2) is 0 Å². The van der Waals surface area contributed by atoms with E-state index in [2.05, 4.69) is 39.8 Å². The molecule has 0 aliphatic carbocycles. The predicted molar refractivity (Wildman–Crippen MR) is 27.0 cm³/mol. The SMILES string of the molecule is C=C.[C-]#[O+].[C-]#[O+].[C-]#[O+].[C-]#[O+].[Ru]. The molecule has 0 amide bonds. The number of hydrogen-bond acceptors (Lipinski definition) is 0. The molecule has 0 unspecified atom stereocenters. The Hall–Kier alpha value is -0.677. The van der Waals surface area contributed by atoms with Crippen molar-refractivity contribution in [3.8, 4) is 0 Å². The molecule has 0 saturated carbocycles. The minimum absolute atomic E-state index is 0. The van der Waals surface area contributed by atoms with Crippen molar-refractivity contribution in [1.29, 1.82) is 0 Å². The Balaban J connectivity index is -0.00000000694. The molecule has 4 nitrogen and oxygen atoms in total. The van der Waals surface area contributed by atoms with Crippen LogP contribution in [0.3, 0.4) is 0 Å². The predicted octanol–water partition coefficient (Wildman–Crippen LogP) is 0.650. The van der Waals surface area contributed by atoms with Crippen LogP contribution in [-0.2, 0) is 38.1 Å². The minimum Gasteiger partial charge on any atom is 0 e. The summed E-state index contributed by atoms with van der Waals surface area (Å²) in [6, 6.07) is 0. The van der Waals surface area contributed by atoms with Gasteiger partial charge in [-0.1, -0.05) is 0 Å². The first-order valence-corrected chi connectivity index (χ1v) is 1.32. The summed E-state index contributed by atoms with van der Waals surface area (Å²) in [4.78, 5) is 0. The standard InChI is InChI=1S/C2H4.4CO.Ru/c5*1-2;/h1-2H2;;;;;. The minimum atomic E-state index is 0. The third-order valence-electron chi connectivity index (χ3n) is 0. The second-order valence-electron chi connectivity index (χ2n) is 0. The van der Waals surface area contributed by atoms with E-state index < -0.39 is 0 Å². The van der Waals surface area contributed by atoms with E-state index in [1.807, 2.05) is 0 Å². The zero-order chi connectivity index (χ0) is 10.0. The summed E-state index contributed by atoms with van der Waals surface area (Å²) < 4.78 is 30.0. The Labute approximate surface area is 78.3 Å². The monoisotopic (exact) mass is 242 g/mol. The van der Waals surface area contributed by atoms with E-state index in [0.717, 1.165) is 0 Å². The molecule has 0 aromatic heterocycles. The van der Waals surface area contributed by atoms with Crippen LogP contribution in [0.25, 0.3) is 0 Å². The Morgan fingerprint density at radius 3 is 0.545 bits per heavy atom. The van der Waals surface area contributed by atoms with Gasteiger partial charge in [-0.2, -0.15) is 0 Å². The molecule has 0 saturated heterocycles. The van der Waals surface area contributed by atoms with Gasteiger partial charge in [0.25, 0.3) is 0 Å². The van der Waals surface area contributed by atoms with Gasteiger partial charge in [0.1, 0.15) is 0 Å². The summed E-state index contributed by atoms with van der Waals surface area (Å²) in [5.41, 5.74) is 0. The molecule has 0 bridgehead atoms. The molecule has 0 rings (SSSR count). The third-order valence-corrected chi connectivity index (χ3v) is 0. The van der Waals surface area contributed by atoms with E-state index in [1.165, 1.54) is 0 Å². The van der Waals surface area contributed by atoms with Crippen LogP contribution in [0.5, 0.6) is 0 Å². The van der Waals surface area contributed by atoms with Gasteiger partial charge >= 0.3 is 45.2 Å². The molecule has 11 heavy (non-hydrogen) atoms. The second-order valence-corrected chi connectivity index (χ2v) is 0. The quantitative estimate of drug-likeness (QED) is 0.258. The topological polar surface area (TPSA) is 79.6 Å². The molecule has 0 aromatic rings. The molecule has 5 heteroatoms. The van der Waals surface area contributed by atoms with Crippen molar-refractivity contribution in [2.45, 2.75) is 0 Å². The fourth-order valence-corrected chi connectivity index (χ4v) is 0. The normalized spacial score (nSPS) is 1.09. The van der Waals surface area contributed by atoms with Crippen molar-refractivity contribution >= 4 is 0 Å². The molecule has 0 atom stereocenters. The molecule has 0 radical (unpaired) electrons. The van der Waals surface area contributed by atoms with Gasteiger partial charge in [0.05, 0.1) is 0 Å². The summed E-state index contributed by atoms with van der Waals surface area (Å²) in [6.07, 6.45) is 0. The van der Waals surface area contributed by atoms with Gasteiger partial charge in [0.2, 0.25) is 0 Å². The van der Waals surface area contributed by atoms with Crippen LogP contribution in [0.2, 0.25) is 0 Å². The fourth-order valence-electron chi connectivity index (χ4n) is 0. The molecule has 0 fully saturated rings. The number of hydrogen-bond donors (Lipinski definition) is 0. The first kappa shape index (κ1) is 48.0.